The first-order valence-corrected chi connectivity index (χ1v) is 6.65. The second kappa shape index (κ2) is 5.38. The summed E-state index contributed by atoms with van der Waals surface area (Å²) in [5.74, 6) is -0.258. The second-order valence-corrected chi connectivity index (χ2v) is 5.18. The molecule has 0 spiro atoms. The lowest BCUT2D eigenvalue weighted by Gasteiger charge is -2.33. The highest BCUT2D eigenvalue weighted by atomic mass is 16.2. The van der Waals surface area contributed by atoms with Gasteiger partial charge >= 0.3 is 0 Å². The molecule has 18 heavy (non-hydrogen) atoms. The second-order valence-electron chi connectivity index (χ2n) is 5.18. The summed E-state index contributed by atoms with van der Waals surface area (Å²) in [4.78, 5) is 25.6. The summed E-state index contributed by atoms with van der Waals surface area (Å²) in [7, 11) is 0. The first kappa shape index (κ1) is 12.9. The van der Waals surface area contributed by atoms with Crippen LogP contribution in [0.4, 0.5) is 0 Å². The van der Waals surface area contributed by atoms with E-state index in [-0.39, 0.29) is 18.4 Å². The summed E-state index contributed by atoms with van der Waals surface area (Å²) < 4.78 is 0. The van der Waals surface area contributed by atoms with Crippen LogP contribution < -0.4 is 5.32 Å². The molecule has 1 saturated heterocycles. The number of nitrogens with zero attached hydrogens (tertiary/aromatic N) is 2. The molecule has 1 N–H and O–H groups in total. The van der Waals surface area contributed by atoms with Crippen LogP contribution in [0.3, 0.4) is 0 Å². The molecule has 1 aliphatic carbocycles. The van der Waals surface area contributed by atoms with Crippen molar-refractivity contribution in [2.24, 2.45) is 5.41 Å². The van der Waals surface area contributed by atoms with Crippen LogP contribution >= 0.6 is 0 Å². The molecule has 1 heterocycles. The molecule has 98 valence electrons. The molecule has 5 nitrogen and oxygen atoms in total. The summed E-state index contributed by atoms with van der Waals surface area (Å²) in [6, 6.07) is 2.23. The van der Waals surface area contributed by atoms with Gasteiger partial charge in [0.05, 0.1) is 12.6 Å². The molecule has 2 amide bonds. The maximum absolute atomic E-state index is 12.5. The summed E-state index contributed by atoms with van der Waals surface area (Å²) in [6.07, 6.45) is 5.00. The van der Waals surface area contributed by atoms with Crippen molar-refractivity contribution < 1.29 is 9.59 Å². The van der Waals surface area contributed by atoms with E-state index in [1.807, 2.05) is 0 Å². The molecule has 0 unspecified atom stereocenters. The van der Waals surface area contributed by atoms with E-state index in [0.717, 1.165) is 25.7 Å². The van der Waals surface area contributed by atoms with E-state index >= 15 is 0 Å². The predicted molar refractivity (Wildman–Crippen MR) is 65.3 cm³/mol. The lowest BCUT2D eigenvalue weighted by Crippen LogP contribution is -2.46. The average molecular weight is 249 g/mol. The fourth-order valence-corrected chi connectivity index (χ4v) is 2.81. The molecule has 1 aliphatic heterocycles. The van der Waals surface area contributed by atoms with Gasteiger partial charge in [0.1, 0.15) is 5.41 Å². The van der Waals surface area contributed by atoms with Crippen molar-refractivity contribution in [2.75, 3.05) is 19.6 Å². The molecule has 0 aromatic heterocycles. The molecule has 0 bridgehead atoms. The van der Waals surface area contributed by atoms with E-state index in [0.29, 0.717) is 25.9 Å². The van der Waals surface area contributed by atoms with E-state index in [4.69, 9.17) is 0 Å². The summed E-state index contributed by atoms with van der Waals surface area (Å²) in [6.45, 7) is 1.28. The lowest BCUT2D eigenvalue weighted by atomic mass is 9.74. The largest absolute Gasteiger partial charge is 0.354 e. The van der Waals surface area contributed by atoms with Gasteiger partial charge in [-0.05, 0) is 19.3 Å². The van der Waals surface area contributed by atoms with E-state index < -0.39 is 5.41 Å². The fraction of sp³-hybridized carbons (Fsp3) is 0.769. The van der Waals surface area contributed by atoms with Crippen molar-refractivity contribution >= 4 is 11.8 Å². The Kier molecular flexibility index (Phi) is 3.85. The van der Waals surface area contributed by atoms with Crippen LogP contribution in [0, 0.1) is 16.7 Å². The normalized spacial score (nSPS) is 23.7. The van der Waals surface area contributed by atoms with Crippen LogP contribution in [0.25, 0.3) is 0 Å². The fourth-order valence-electron chi connectivity index (χ4n) is 2.81. The molecule has 0 atom stereocenters. The zero-order valence-corrected chi connectivity index (χ0v) is 10.6. The molecule has 0 aromatic rings. The minimum absolute atomic E-state index is 0.0995. The van der Waals surface area contributed by atoms with Crippen molar-refractivity contribution in [3.05, 3.63) is 0 Å². The Bertz CT molecular complexity index is 380. The van der Waals surface area contributed by atoms with Crippen LogP contribution in [-0.2, 0) is 9.59 Å². The number of hydrogen-bond acceptors (Lipinski definition) is 3. The molecule has 2 fully saturated rings. The van der Waals surface area contributed by atoms with Crippen molar-refractivity contribution in [1.29, 1.82) is 5.26 Å². The van der Waals surface area contributed by atoms with Crippen molar-refractivity contribution in [1.82, 2.24) is 10.2 Å². The van der Waals surface area contributed by atoms with Gasteiger partial charge in [-0.2, -0.15) is 5.26 Å². The molecular weight excluding hydrogens is 230 g/mol. The molecule has 2 rings (SSSR count). The highest BCUT2D eigenvalue weighted by molar-refractivity contribution is 5.90. The van der Waals surface area contributed by atoms with Gasteiger partial charge in [-0.3, -0.25) is 9.59 Å². The summed E-state index contributed by atoms with van der Waals surface area (Å²) in [5.41, 5.74) is -0.872. The first-order valence-electron chi connectivity index (χ1n) is 6.65. The molecule has 2 aliphatic rings. The van der Waals surface area contributed by atoms with Gasteiger partial charge in [-0.15, -0.1) is 0 Å². The number of carbonyl (C=O) groups is 2. The van der Waals surface area contributed by atoms with Crippen molar-refractivity contribution in [2.45, 2.75) is 38.5 Å². The predicted octanol–water partition coefficient (Wildman–Crippen LogP) is 0.809. The van der Waals surface area contributed by atoms with E-state index in [1.165, 1.54) is 0 Å². The Labute approximate surface area is 107 Å². The molecular formula is C13H19N3O2. The molecule has 0 radical (unpaired) electrons. The number of rotatable bonds is 1. The highest BCUT2D eigenvalue weighted by Gasteiger charge is 2.42. The van der Waals surface area contributed by atoms with Crippen molar-refractivity contribution in [3.8, 4) is 6.07 Å². The van der Waals surface area contributed by atoms with Gasteiger partial charge in [0.2, 0.25) is 11.8 Å². The van der Waals surface area contributed by atoms with Crippen molar-refractivity contribution in [3.63, 3.8) is 0 Å². The van der Waals surface area contributed by atoms with Gasteiger partial charge in [-0.25, -0.2) is 0 Å². The Morgan fingerprint density at radius 3 is 2.67 bits per heavy atom. The lowest BCUT2D eigenvalue weighted by molar-refractivity contribution is -0.143. The minimum Gasteiger partial charge on any atom is -0.354 e. The van der Waals surface area contributed by atoms with Gasteiger partial charge in [0.25, 0.3) is 0 Å². The molecule has 5 heteroatoms. The third-order valence-electron chi connectivity index (χ3n) is 3.88. The number of nitriles is 1. The zero-order valence-electron chi connectivity index (χ0n) is 10.6. The number of amides is 2. The summed E-state index contributed by atoms with van der Waals surface area (Å²) in [5, 5.41) is 12.1. The Balaban J connectivity index is 2.13. The van der Waals surface area contributed by atoms with E-state index in [2.05, 4.69) is 11.4 Å². The standard InChI is InChI=1S/C13H19N3O2/c14-10-13(5-2-1-3-6-13)12(18)16-8-4-7-15-11(17)9-16/h1-9H2,(H,15,17). The maximum Gasteiger partial charge on any atom is 0.243 e. The third-order valence-corrected chi connectivity index (χ3v) is 3.88. The smallest absolute Gasteiger partial charge is 0.243 e. The molecule has 1 saturated carbocycles. The van der Waals surface area contributed by atoms with Gasteiger partial charge in [0.15, 0.2) is 0 Å². The number of nitrogens with one attached hydrogen (secondary N) is 1. The Morgan fingerprint density at radius 1 is 1.28 bits per heavy atom. The number of carbonyl (C=O) groups excluding carboxylic acids is 2. The third kappa shape index (κ3) is 2.47. The SMILES string of the molecule is N#CC1(C(=O)N2CCCNC(=O)C2)CCCCC1. The van der Waals surface area contributed by atoms with Gasteiger partial charge < -0.3 is 10.2 Å². The summed E-state index contributed by atoms with van der Waals surface area (Å²) >= 11 is 0. The maximum atomic E-state index is 12.5. The Morgan fingerprint density at radius 2 is 2.00 bits per heavy atom. The van der Waals surface area contributed by atoms with Crippen LogP contribution in [0.5, 0.6) is 0 Å². The highest BCUT2D eigenvalue weighted by Crippen LogP contribution is 2.37. The quantitative estimate of drug-likeness (QED) is 0.747. The van der Waals surface area contributed by atoms with Gasteiger partial charge in [-0.1, -0.05) is 19.3 Å². The van der Waals surface area contributed by atoms with Crippen LogP contribution in [-0.4, -0.2) is 36.3 Å². The van der Waals surface area contributed by atoms with E-state index in [9.17, 15) is 14.9 Å². The number of hydrogen-bond donors (Lipinski definition) is 1. The van der Waals surface area contributed by atoms with E-state index in [1.54, 1.807) is 4.90 Å². The molecule has 0 aromatic carbocycles. The minimum atomic E-state index is -0.872. The van der Waals surface area contributed by atoms with Crippen LogP contribution in [0.15, 0.2) is 0 Å². The first-order chi connectivity index (χ1) is 8.68. The zero-order chi connectivity index (χ0) is 13.0. The van der Waals surface area contributed by atoms with Gasteiger partial charge in [0, 0.05) is 13.1 Å². The van der Waals surface area contributed by atoms with Crippen LogP contribution in [0.1, 0.15) is 38.5 Å². The Hall–Kier alpha value is -1.57. The topological polar surface area (TPSA) is 73.2 Å². The average Bonchev–Trinajstić information content (AvgIpc) is 2.63. The van der Waals surface area contributed by atoms with Crippen LogP contribution in [0.2, 0.25) is 0 Å². The monoisotopic (exact) mass is 249 g/mol.